The molecule has 1 fully saturated rings. The number of hydrogen-bond acceptors (Lipinski definition) is 2. The zero-order chi connectivity index (χ0) is 10.7. The summed E-state index contributed by atoms with van der Waals surface area (Å²) in [4.78, 5) is 0. The largest absolute Gasteiger partial charge is 0.496 e. The van der Waals surface area contributed by atoms with Gasteiger partial charge in [-0.25, -0.2) is 0 Å². The van der Waals surface area contributed by atoms with Crippen molar-refractivity contribution in [2.45, 2.75) is 37.6 Å². The van der Waals surface area contributed by atoms with Crippen LogP contribution in [0.4, 0.5) is 0 Å². The summed E-state index contributed by atoms with van der Waals surface area (Å²) in [6.45, 7) is 0. The SMILES string of the molecule is COc1ccccc1[C@@H]1CCC[C@H](N)C1.Cl. The Morgan fingerprint density at radius 2 is 2.00 bits per heavy atom. The van der Waals surface area contributed by atoms with E-state index < -0.39 is 0 Å². The molecule has 2 atom stereocenters. The van der Waals surface area contributed by atoms with E-state index in [-0.39, 0.29) is 12.4 Å². The lowest BCUT2D eigenvalue weighted by molar-refractivity contribution is 0.367. The molecule has 1 aromatic carbocycles. The molecular weight excluding hydrogens is 222 g/mol. The van der Waals surface area contributed by atoms with Crippen LogP contribution in [0.3, 0.4) is 0 Å². The van der Waals surface area contributed by atoms with E-state index in [0.29, 0.717) is 12.0 Å². The van der Waals surface area contributed by atoms with Crippen molar-refractivity contribution in [1.29, 1.82) is 0 Å². The van der Waals surface area contributed by atoms with E-state index in [2.05, 4.69) is 12.1 Å². The van der Waals surface area contributed by atoms with Gasteiger partial charge >= 0.3 is 0 Å². The van der Waals surface area contributed by atoms with E-state index in [1.165, 1.54) is 24.8 Å². The highest BCUT2D eigenvalue weighted by molar-refractivity contribution is 5.85. The molecule has 0 aromatic heterocycles. The van der Waals surface area contributed by atoms with Gasteiger partial charge in [-0.1, -0.05) is 24.6 Å². The van der Waals surface area contributed by atoms with Crippen molar-refractivity contribution in [3.63, 3.8) is 0 Å². The summed E-state index contributed by atoms with van der Waals surface area (Å²) in [5.74, 6) is 1.60. The molecule has 1 aromatic rings. The Morgan fingerprint density at radius 1 is 1.25 bits per heavy atom. The zero-order valence-electron chi connectivity index (χ0n) is 9.69. The monoisotopic (exact) mass is 241 g/mol. The van der Waals surface area contributed by atoms with E-state index in [9.17, 15) is 0 Å². The molecule has 1 aliphatic rings. The maximum atomic E-state index is 6.01. The number of para-hydroxylation sites is 1. The lowest BCUT2D eigenvalue weighted by atomic mass is 9.81. The first kappa shape index (κ1) is 13.3. The highest BCUT2D eigenvalue weighted by Crippen LogP contribution is 2.36. The molecule has 0 heterocycles. The predicted molar refractivity (Wildman–Crippen MR) is 69.4 cm³/mol. The molecule has 0 spiro atoms. The molecule has 1 aliphatic carbocycles. The Hall–Kier alpha value is -0.730. The number of methoxy groups -OCH3 is 1. The van der Waals surface area contributed by atoms with E-state index in [0.717, 1.165) is 12.2 Å². The standard InChI is InChI=1S/C13H19NO.ClH/c1-15-13-8-3-2-7-12(13)10-5-4-6-11(14)9-10;/h2-3,7-8,10-11H,4-6,9,14H2,1H3;1H/t10-,11+;/m1./s1. The van der Waals surface area contributed by atoms with Crippen molar-refractivity contribution >= 4 is 12.4 Å². The summed E-state index contributed by atoms with van der Waals surface area (Å²) in [5.41, 5.74) is 7.34. The third kappa shape index (κ3) is 2.89. The van der Waals surface area contributed by atoms with Crippen molar-refractivity contribution < 1.29 is 4.74 Å². The van der Waals surface area contributed by atoms with Gasteiger partial charge in [0.2, 0.25) is 0 Å². The number of ether oxygens (including phenoxy) is 1. The molecule has 0 aliphatic heterocycles. The Kier molecular flexibility index (Phi) is 5.10. The molecule has 2 N–H and O–H groups in total. The van der Waals surface area contributed by atoms with E-state index in [1.54, 1.807) is 7.11 Å². The molecular formula is C13H20ClNO. The van der Waals surface area contributed by atoms with Crippen molar-refractivity contribution in [2.24, 2.45) is 5.73 Å². The summed E-state index contributed by atoms with van der Waals surface area (Å²) in [7, 11) is 1.74. The summed E-state index contributed by atoms with van der Waals surface area (Å²) in [5, 5.41) is 0. The molecule has 0 saturated heterocycles. The highest BCUT2D eigenvalue weighted by Gasteiger charge is 2.22. The lowest BCUT2D eigenvalue weighted by Gasteiger charge is -2.27. The Morgan fingerprint density at radius 3 is 2.69 bits per heavy atom. The first-order valence-electron chi connectivity index (χ1n) is 5.69. The van der Waals surface area contributed by atoms with Crippen molar-refractivity contribution in [1.82, 2.24) is 0 Å². The van der Waals surface area contributed by atoms with Crippen LogP contribution in [-0.4, -0.2) is 13.2 Å². The minimum absolute atomic E-state index is 0. The van der Waals surface area contributed by atoms with Gasteiger partial charge in [-0.15, -0.1) is 12.4 Å². The summed E-state index contributed by atoms with van der Waals surface area (Å²) < 4.78 is 5.39. The van der Waals surface area contributed by atoms with E-state index in [1.807, 2.05) is 12.1 Å². The lowest BCUT2D eigenvalue weighted by Crippen LogP contribution is -2.26. The number of halogens is 1. The number of benzene rings is 1. The molecule has 3 heteroatoms. The third-order valence-electron chi connectivity index (χ3n) is 3.29. The van der Waals surface area contributed by atoms with Crippen LogP contribution >= 0.6 is 12.4 Å². The number of nitrogens with two attached hydrogens (primary N) is 1. The fourth-order valence-corrected chi connectivity index (χ4v) is 2.51. The van der Waals surface area contributed by atoms with Gasteiger partial charge in [0, 0.05) is 6.04 Å². The van der Waals surface area contributed by atoms with Crippen molar-refractivity contribution in [3.8, 4) is 5.75 Å². The Balaban J connectivity index is 0.00000128. The second-order valence-corrected chi connectivity index (χ2v) is 4.37. The van der Waals surface area contributed by atoms with Crippen LogP contribution in [0.25, 0.3) is 0 Å². The van der Waals surface area contributed by atoms with Crippen LogP contribution in [0.2, 0.25) is 0 Å². The van der Waals surface area contributed by atoms with E-state index in [4.69, 9.17) is 10.5 Å². The van der Waals surface area contributed by atoms with Gasteiger partial charge in [0.15, 0.2) is 0 Å². The first-order valence-corrected chi connectivity index (χ1v) is 5.69. The average Bonchev–Trinajstić information content (AvgIpc) is 2.29. The number of hydrogen-bond donors (Lipinski definition) is 1. The van der Waals surface area contributed by atoms with Crippen LogP contribution in [0.15, 0.2) is 24.3 Å². The van der Waals surface area contributed by atoms with Gasteiger partial charge in [0.25, 0.3) is 0 Å². The van der Waals surface area contributed by atoms with Gasteiger partial charge in [0.05, 0.1) is 7.11 Å². The second-order valence-electron chi connectivity index (χ2n) is 4.37. The molecule has 2 nitrogen and oxygen atoms in total. The smallest absolute Gasteiger partial charge is 0.122 e. The van der Waals surface area contributed by atoms with Crippen molar-refractivity contribution in [2.75, 3.05) is 7.11 Å². The van der Waals surface area contributed by atoms with Crippen LogP contribution < -0.4 is 10.5 Å². The van der Waals surface area contributed by atoms with Crippen molar-refractivity contribution in [3.05, 3.63) is 29.8 Å². The molecule has 16 heavy (non-hydrogen) atoms. The number of rotatable bonds is 2. The minimum Gasteiger partial charge on any atom is -0.496 e. The Bertz CT molecular complexity index is 329. The van der Waals surface area contributed by atoms with Crippen LogP contribution in [0, 0.1) is 0 Å². The summed E-state index contributed by atoms with van der Waals surface area (Å²) >= 11 is 0. The first-order chi connectivity index (χ1) is 7.31. The highest BCUT2D eigenvalue weighted by atomic mass is 35.5. The zero-order valence-corrected chi connectivity index (χ0v) is 10.5. The van der Waals surface area contributed by atoms with Gasteiger partial charge in [-0.05, 0) is 36.8 Å². The van der Waals surface area contributed by atoms with Crippen LogP contribution in [-0.2, 0) is 0 Å². The fourth-order valence-electron chi connectivity index (χ4n) is 2.51. The van der Waals surface area contributed by atoms with Crippen LogP contribution in [0.5, 0.6) is 5.75 Å². The maximum Gasteiger partial charge on any atom is 0.122 e. The van der Waals surface area contributed by atoms with Gasteiger partial charge < -0.3 is 10.5 Å². The van der Waals surface area contributed by atoms with Gasteiger partial charge in [0.1, 0.15) is 5.75 Å². The molecule has 1 saturated carbocycles. The molecule has 0 unspecified atom stereocenters. The summed E-state index contributed by atoms with van der Waals surface area (Å²) in [6.07, 6.45) is 4.75. The molecule has 90 valence electrons. The van der Waals surface area contributed by atoms with E-state index >= 15 is 0 Å². The second kappa shape index (κ2) is 6.12. The topological polar surface area (TPSA) is 35.2 Å². The average molecular weight is 242 g/mol. The maximum absolute atomic E-state index is 6.01. The minimum atomic E-state index is 0. The fraction of sp³-hybridized carbons (Fsp3) is 0.538. The molecule has 0 bridgehead atoms. The normalized spacial score (nSPS) is 24.6. The van der Waals surface area contributed by atoms with Gasteiger partial charge in [-0.2, -0.15) is 0 Å². The Labute approximate surface area is 104 Å². The van der Waals surface area contributed by atoms with Gasteiger partial charge in [-0.3, -0.25) is 0 Å². The molecule has 2 rings (SSSR count). The summed E-state index contributed by atoms with van der Waals surface area (Å²) in [6, 6.07) is 8.67. The molecule has 0 amide bonds. The van der Waals surface area contributed by atoms with Crippen LogP contribution in [0.1, 0.15) is 37.2 Å². The quantitative estimate of drug-likeness (QED) is 0.864. The third-order valence-corrected chi connectivity index (χ3v) is 3.29. The predicted octanol–water partition coefficient (Wildman–Crippen LogP) is 3.10. The molecule has 0 radical (unpaired) electrons.